The Bertz CT molecular complexity index is 547. The molecule has 0 fully saturated rings. The van der Waals surface area contributed by atoms with Crippen molar-refractivity contribution in [1.82, 2.24) is 10.1 Å². The van der Waals surface area contributed by atoms with Crippen LogP contribution in [0.5, 0.6) is 0 Å². The smallest absolute Gasteiger partial charge is 0.341 e. The molecule has 0 aliphatic carbocycles. The SMILES string of the molecule is CC(C)Cc1onc(-c2cccnc2)c1C(=O)O. The van der Waals surface area contributed by atoms with E-state index >= 15 is 0 Å². The number of hydrogen-bond acceptors (Lipinski definition) is 4. The zero-order valence-electron chi connectivity index (χ0n) is 10.3. The summed E-state index contributed by atoms with van der Waals surface area (Å²) in [6.07, 6.45) is 3.75. The van der Waals surface area contributed by atoms with Gasteiger partial charge in [-0.3, -0.25) is 4.98 Å². The minimum absolute atomic E-state index is 0.136. The van der Waals surface area contributed by atoms with E-state index in [1.165, 1.54) is 0 Å². The average molecular weight is 246 g/mol. The minimum atomic E-state index is -1.02. The van der Waals surface area contributed by atoms with Gasteiger partial charge in [-0.1, -0.05) is 19.0 Å². The zero-order valence-corrected chi connectivity index (χ0v) is 10.3. The van der Waals surface area contributed by atoms with Crippen LogP contribution in [-0.2, 0) is 6.42 Å². The Morgan fingerprint density at radius 3 is 2.83 bits per heavy atom. The fourth-order valence-corrected chi connectivity index (χ4v) is 1.75. The molecule has 5 heteroatoms. The van der Waals surface area contributed by atoms with Crippen molar-refractivity contribution < 1.29 is 14.4 Å². The predicted octanol–water partition coefficient (Wildman–Crippen LogP) is 2.63. The molecule has 18 heavy (non-hydrogen) atoms. The molecule has 1 N–H and O–H groups in total. The Morgan fingerprint density at radius 1 is 1.50 bits per heavy atom. The van der Waals surface area contributed by atoms with Gasteiger partial charge in [-0.2, -0.15) is 0 Å². The van der Waals surface area contributed by atoms with Gasteiger partial charge in [-0.15, -0.1) is 0 Å². The van der Waals surface area contributed by atoms with Gasteiger partial charge in [0.1, 0.15) is 11.3 Å². The van der Waals surface area contributed by atoms with Crippen molar-refractivity contribution in [3.63, 3.8) is 0 Å². The van der Waals surface area contributed by atoms with Crippen molar-refractivity contribution in [3.8, 4) is 11.3 Å². The van der Waals surface area contributed by atoms with Gasteiger partial charge in [-0.25, -0.2) is 4.79 Å². The zero-order chi connectivity index (χ0) is 13.1. The van der Waals surface area contributed by atoms with E-state index in [0.717, 1.165) is 0 Å². The number of rotatable bonds is 4. The van der Waals surface area contributed by atoms with Crippen LogP contribution in [0.2, 0.25) is 0 Å². The Labute approximate surface area is 104 Å². The highest BCUT2D eigenvalue weighted by Crippen LogP contribution is 2.26. The monoisotopic (exact) mass is 246 g/mol. The van der Waals surface area contributed by atoms with E-state index in [2.05, 4.69) is 10.1 Å². The molecule has 0 radical (unpaired) electrons. The number of carboxylic acid groups (broad SMARTS) is 1. The van der Waals surface area contributed by atoms with Gasteiger partial charge in [0.15, 0.2) is 5.76 Å². The highest BCUT2D eigenvalue weighted by Gasteiger charge is 2.23. The molecule has 0 aromatic carbocycles. The normalized spacial score (nSPS) is 10.8. The molecule has 94 valence electrons. The standard InChI is InChI=1S/C13H14N2O3/c1-8(2)6-10-11(13(16)17)12(15-18-10)9-4-3-5-14-7-9/h3-5,7-8H,6H2,1-2H3,(H,16,17). The molecule has 0 atom stereocenters. The number of aromatic carboxylic acids is 1. The second-order valence-electron chi connectivity index (χ2n) is 4.47. The summed E-state index contributed by atoms with van der Waals surface area (Å²) in [7, 11) is 0. The summed E-state index contributed by atoms with van der Waals surface area (Å²) in [6.45, 7) is 4.00. The minimum Gasteiger partial charge on any atom is -0.477 e. The molecular formula is C13H14N2O3. The first kappa shape index (κ1) is 12.3. The van der Waals surface area contributed by atoms with Gasteiger partial charge < -0.3 is 9.63 Å². The van der Waals surface area contributed by atoms with Crippen LogP contribution in [0.4, 0.5) is 0 Å². The van der Waals surface area contributed by atoms with Crippen molar-refractivity contribution in [3.05, 3.63) is 35.9 Å². The van der Waals surface area contributed by atoms with Gasteiger partial charge >= 0.3 is 5.97 Å². The molecule has 0 spiro atoms. The third-order valence-electron chi connectivity index (χ3n) is 2.51. The van der Waals surface area contributed by atoms with E-state index in [1.807, 2.05) is 13.8 Å². The summed E-state index contributed by atoms with van der Waals surface area (Å²) in [6, 6.07) is 3.49. The third kappa shape index (κ3) is 2.40. The molecule has 0 saturated heterocycles. The maximum Gasteiger partial charge on any atom is 0.341 e. The van der Waals surface area contributed by atoms with Crippen molar-refractivity contribution in [2.45, 2.75) is 20.3 Å². The van der Waals surface area contributed by atoms with Crippen LogP contribution in [0, 0.1) is 5.92 Å². The molecule has 0 unspecified atom stereocenters. The topological polar surface area (TPSA) is 76.2 Å². The molecule has 2 aromatic heterocycles. The lowest BCUT2D eigenvalue weighted by molar-refractivity contribution is 0.0695. The Balaban J connectivity index is 2.49. The summed E-state index contributed by atoms with van der Waals surface area (Å²) >= 11 is 0. The summed E-state index contributed by atoms with van der Waals surface area (Å²) in [5, 5.41) is 13.2. The van der Waals surface area contributed by atoms with Crippen molar-refractivity contribution in [2.24, 2.45) is 5.92 Å². The van der Waals surface area contributed by atoms with Crippen LogP contribution >= 0.6 is 0 Å². The summed E-state index contributed by atoms with van der Waals surface area (Å²) in [4.78, 5) is 15.3. The molecule has 5 nitrogen and oxygen atoms in total. The lowest BCUT2D eigenvalue weighted by Crippen LogP contribution is -2.04. The Morgan fingerprint density at radius 2 is 2.28 bits per heavy atom. The van der Waals surface area contributed by atoms with Crippen molar-refractivity contribution in [1.29, 1.82) is 0 Å². The molecule has 0 aliphatic rings. The maximum absolute atomic E-state index is 11.3. The highest BCUT2D eigenvalue weighted by atomic mass is 16.5. The van der Waals surface area contributed by atoms with Crippen LogP contribution in [0.25, 0.3) is 11.3 Å². The number of hydrogen-bond donors (Lipinski definition) is 1. The molecule has 2 rings (SSSR count). The second kappa shape index (κ2) is 5.00. The summed E-state index contributed by atoms with van der Waals surface area (Å²) < 4.78 is 5.16. The first-order valence-electron chi connectivity index (χ1n) is 5.71. The maximum atomic E-state index is 11.3. The van der Waals surface area contributed by atoms with Gasteiger partial charge in [-0.05, 0) is 18.1 Å². The van der Waals surface area contributed by atoms with E-state index in [4.69, 9.17) is 4.52 Å². The molecule has 2 aromatic rings. The van der Waals surface area contributed by atoms with E-state index in [-0.39, 0.29) is 5.56 Å². The van der Waals surface area contributed by atoms with E-state index in [1.54, 1.807) is 24.5 Å². The number of nitrogens with zero attached hydrogens (tertiary/aromatic N) is 2. The van der Waals surface area contributed by atoms with E-state index in [0.29, 0.717) is 29.4 Å². The average Bonchev–Trinajstić information content (AvgIpc) is 2.73. The van der Waals surface area contributed by atoms with Crippen LogP contribution in [0.15, 0.2) is 29.0 Å². The largest absolute Gasteiger partial charge is 0.477 e. The number of carbonyl (C=O) groups is 1. The van der Waals surface area contributed by atoms with E-state index < -0.39 is 5.97 Å². The van der Waals surface area contributed by atoms with Crippen molar-refractivity contribution in [2.75, 3.05) is 0 Å². The van der Waals surface area contributed by atoms with Gasteiger partial charge in [0, 0.05) is 24.4 Å². The lowest BCUT2D eigenvalue weighted by Gasteiger charge is -2.01. The number of carboxylic acids is 1. The van der Waals surface area contributed by atoms with Crippen LogP contribution < -0.4 is 0 Å². The van der Waals surface area contributed by atoms with Crippen molar-refractivity contribution >= 4 is 5.97 Å². The van der Waals surface area contributed by atoms with Crippen LogP contribution in [-0.4, -0.2) is 21.2 Å². The first-order chi connectivity index (χ1) is 8.59. The molecular weight excluding hydrogens is 232 g/mol. The molecule has 0 saturated carbocycles. The van der Waals surface area contributed by atoms with Crippen LogP contribution in [0.1, 0.15) is 30.0 Å². The summed E-state index contributed by atoms with van der Waals surface area (Å²) in [5.74, 6) is -0.306. The number of pyridine rings is 1. The first-order valence-corrected chi connectivity index (χ1v) is 5.71. The van der Waals surface area contributed by atoms with Gasteiger partial charge in [0.2, 0.25) is 0 Å². The Hall–Kier alpha value is -2.17. The lowest BCUT2D eigenvalue weighted by atomic mass is 10.0. The fraction of sp³-hybridized carbons (Fsp3) is 0.308. The molecule has 0 bridgehead atoms. The molecule has 0 aliphatic heterocycles. The molecule has 2 heterocycles. The Kier molecular flexibility index (Phi) is 3.41. The highest BCUT2D eigenvalue weighted by molar-refractivity contribution is 5.95. The summed E-state index contributed by atoms with van der Waals surface area (Å²) in [5.41, 5.74) is 1.12. The quantitative estimate of drug-likeness (QED) is 0.897. The van der Waals surface area contributed by atoms with Gasteiger partial charge in [0.25, 0.3) is 0 Å². The fourth-order valence-electron chi connectivity index (χ4n) is 1.75. The van der Waals surface area contributed by atoms with Gasteiger partial charge in [0.05, 0.1) is 0 Å². The third-order valence-corrected chi connectivity index (χ3v) is 2.51. The second-order valence-corrected chi connectivity index (χ2v) is 4.47. The molecule has 0 amide bonds. The number of aromatic nitrogens is 2. The van der Waals surface area contributed by atoms with E-state index in [9.17, 15) is 9.90 Å². The predicted molar refractivity (Wildman–Crippen MR) is 65.2 cm³/mol. The van der Waals surface area contributed by atoms with Crippen LogP contribution in [0.3, 0.4) is 0 Å².